The Morgan fingerprint density at radius 3 is 1.83 bits per heavy atom. The normalized spacial score (nSPS) is 12.0. The molecule has 7 nitrogen and oxygen atoms in total. The van der Waals surface area contributed by atoms with E-state index in [1.54, 1.807) is 18.2 Å². The first kappa shape index (κ1) is 30.5. The number of nitrogens with zero attached hydrogens (tertiary/aromatic N) is 2. The molecular formula is C33H34FN3O4S. The topological polar surface area (TPSA) is 86.8 Å². The Labute approximate surface area is 246 Å². The molecule has 42 heavy (non-hydrogen) atoms. The van der Waals surface area contributed by atoms with E-state index in [2.05, 4.69) is 5.32 Å². The first-order valence-corrected chi connectivity index (χ1v) is 15.1. The maximum atomic E-state index is 14.3. The van der Waals surface area contributed by atoms with Crippen LogP contribution in [-0.2, 0) is 32.6 Å². The maximum absolute atomic E-state index is 14.3. The zero-order valence-electron chi connectivity index (χ0n) is 23.6. The van der Waals surface area contributed by atoms with Crippen LogP contribution in [0.3, 0.4) is 0 Å². The predicted octanol–water partition coefficient (Wildman–Crippen LogP) is 5.19. The number of anilines is 1. The van der Waals surface area contributed by atoms with Crippen molar-refractivity contribution in [1.82, 2.24) is 10.2 Å². The first-order chi connectivity index (χ1) is 20.1. The van der Waals surface area contributed by atoms with Gasteiger partial charge in [-0.25, -0.2) is 12.8 Å². The molecule has 4 aromatic rings. The van der Waals surface area contributed by atoms with Crippen molar-refractivity contribution in [3.8, 4) is 0 Å². The highest BCUT2D eigenvalue weighted by atomic mass is 32.2. The van der Waals surface area contributed by atoms with E-state index in [1.165, 1.54) is 29.2 Å². The van der Waals surface area contributed by atoms with Gasteiger partial charge in [-0.3, -0.25) is 13.9 Å². The number of carbonyl (C=O) groups excluding carboxylic acids is 2. The lowest BCUT2D eigenvalue weighted by atomic mass is 10.0. The van der Waals surface area contributed by atoms with Gasteiger partial charge in [-0.2, -0.15) is 0 Å². The highest BCUT2D eigenvalue weighted by Crippen LogP contribution is 2.25. The summed E-state index contributed by atoms with van der Waals surface area (Å²) < 4.78 is 42.5. The number of sulfonamides is 1. The average molecular weight is 588 g/mol. The van der Waals surface area contributed by atoms with Crippen molar-refractivity contribution in [2.75, 3.05) is 10.8 Å². The lowest BCUT2D eigenvalue weighted by molar-refractivity contribution is -0.140. The van der Waals surface area contributed by atoms with E-state index in [0.29, 0.717) is 0 Å². The Kier molecular flexibility index (Phi) is 10.1. The van der Waals surface area contributed by atoms with Gasteiger partial charge in [0.2, 0.25) is 11.8 Å². The molecule has 0 unspecified atom stereocenters. The molecule has 4 rings (SSSR count). The van der Waals surface area contributed by atoms with Gasteiger partial charge < -0.3 is 10.2 Å². The largest absolute Gasteiger partial charge is 0.352 e. The number of rotatable bonds is 12. The lowest BCUT2D eigenvalue weighted by Gasteiger charge is -2.34. The van der Waals surface area contributed by atoms with Gasteiger partial charge >= 0.3 is 0 Å². The monoisotopic (exact) mass is 587 g/mol. The van der Waals surface area contributed by atoms with Gasteiger partial charge in [-0.15, -0.1) is 0 Å². The van der Waals surface area contributed by atoms with E-state index in [-0.39, 0.29) is 35.5 Å². The van der Waals surface area contributed by atoms with Gasteiger partial charge in [-0.1, -0.05) is 78.9 Å². The van der Waals surface area contributed by atoms with Crippen LogP contribution in [0.25, 0.3) is 0 Å². The zero-order valence-corrected chi connectivity index (χ0v) is 24.4. The number of hydrogen-bond donors (Lipinski definition) is 1. The average Bonchev–Trinajstić information content (AvgIpc) is 2.99. The summed E-state index contributed by atoms with van der Waals surface area (Å²) in [6.45, 7) is 3.15. The Hall–Kier alpha value is -4.50. The quantitative estimate of drug-likeness (QED) is 0.247. The van der Waals surface area contributed by atoms with Gasteiger partial charge in [0.25, 0.3) is 10.0 Å². The Bertz CT molecular complexity index is 1570. The van der Waals surface area contributed by atoms with Crippen LogP contribution in [0.15, 0.2) is 120 Å². The van der Waals surface area contributed by atoms with Crippen molar-refractivity contribution >= 4 is 27.5 Å². The fraction of sp³-hybridized carbons (Fsp3) is 0.212. The third kappa shape index (κ3) is 7.82. The minimum atomic E-state index is -4.23. The Morgan fingerprint density at radius 1 is 0.762 bits per heavy atom. The van der Waals surface area contributed by atoms with Gasteiger partial charge in [0, 0.05) is 19.0 Å². The van der Waals surface area contributed by atoms with Crippen molar-refractivity contribution < 1.29 is 22.4 Å². The fourth-order valence-electron chi connectivity index (χ4n) is 4.57. The van der Waals surface area contributed by atoms with E-state index in [1.807, 2.05) is 74.5 Å². The summed E-state index contributed by atoms with van der Waals surface area (Å²) in [4.78, 5) is 29.3. The molecule has 0 saturated carbocycles. The highest BCUT2D eigenvalue weighted by molar-refractivity contribution is 7.92. The Balaban J connectivity index is 1.78. The fourth-order valence-corrected chi connectivity index (χ4v) is 6.01. The number of nitrogens with one attached hydrogen (secondary N) is 1. The lowest BCUT2D eigenvalue weighted by Crippen LogP contribution is -2.54. The van der Waals surface area contributed by atoms with Crippen LogP contribution in [0, 0.1) is 5.82 Å². The molecule has 1 N–H and O–H groups in total. The standard InChI is InChI=1S/C33H34FN3O4S/c1-25(2)35-33(39)31(22-26-12-6-3-7-13-26)36(23-27-14-8-4-9-15-27)32(38)24-37(29-20-18-28(34)19-21-29)42(40,41)30-16-10-5-11-17-30/h3-21,25,31H,22-24H2,1-2H3,(H,35,39)/t31-/m1/s1. The smallest absolute Gasteiger partial charge is 0.264 e. The van der Waals surface area contributed by atoms with Crippen LogP contribution in [0.1, 0.15) is 25.0 Å². The summed E-state index contributed by atoms with van der Waals surface area (Å²) in [6.07, 6.45) is 0.222. The molecular weight excluding hydrogens is 553 g/mol. The number of carbonyl (C=O) groups is 2. The van der Waals surface area contributed by atoms with Crippen LogP contribution in [0.5, 0.6) is 0 Å². The van der Waals surface area contributed by atoms with E-state index < -0.39 is 34.3 Å². The van der Waals surface area contributed by atoms with Crippen LogP contribution in [0.2, 0.25) is 0 Å². The van der Waals surface area contributed by atoms with Crippen molar-refractivity contribution in [3.63, 3.8) is 0 Å². The van der Waals surface area contributed by atoms with Crippen LogP contribution in [0.4, 0.5) is 10.1 Å². The molecule has 0 fully saturated rings. The third-order valence-electron chi connectivity index (χ3n) is 6.62. The predicted molar refractivity (Wildman–Crippen MR) is 162 cm³/mol. The summed E-state index contributed by atoms with van der Waals surface area (Å²) in [5.41, 5.74) is 1.75. The SMILES string of the molecule is CC(C)NC(=O)[C@@H](Cc1ccccc1)N(Cc1ccccc1)C(=O)CN(c1ccc(F)cc1)S(=O)(=O)c1ccccc1. The number of halogens is 1. The van der Waals surface area contributed by atoms with Crippen molar-refractivity contribution in [2.45, 2.75) is 43.8 Å². The molecule has 4 aromatic carbocycles. The second-order valence-corrected chi connectivity index (χ2v) is 12.0. The number of amides is 2. The van der Waals surface area contributed by atoms with Crippen LogP contribution >= 0.6 is 0 Å². The molecule has 9 heteroatoms. The zero-order chi connectivity index (χ0) is 30.1. The van der Waals surface area contributed by atoms with Gasteiger partial charge in [-0.05, 0) is 61.4 Å². The van der Waals surface area contributed by atoms with Crippen molar-refractivity contribution in [2.24, 2.45) is 0 Å². The summed E-state index contributed by atoms with van der Waals surface area (Å²) in [7, 11) is -4.23. The molecule has 0 aliphatic rings. The maximum Gasteiger partial charge on any atom is 0.264 e. The minimum absolute atomic E-state index is 0.0184. The summed E-state index contributed by atoms with van der Waals surface area (Å²) in [6, 6.07) is 30.1. The molecule has 2 amide bonds. The van der Waals surface area contributed by atoms with Gasteiger partial charge in [0.05, 0.1) is 10.6 Å². The summed E-state index contributed by atoms with van der Waals surface area (Å²) in [5.74, 6) is -1.47. The number of hydrogen-bond acceptors (Lipinski definition) is 4. The second-order valence-electron chi connectivity index (χ2n) is 10.2. The molecule has 0 aliphatic heterocycles. The molecule has 1 atom stereocenters. The van der Waals surface area contributed by atoms with E-state index in [0.717, 1.165) is 27.6 Å². The summed E-state index contributed by atoms with van der Waals surface area (Å²) >= 11 is 0. The molecule has 0 bridgehead atoms. The van der Waals surface area contributed by atoms with Crippen LogP contribution < -0.4 is 9.62 Å². The highest BCUT2D eigenvalue weighted by Gasteiger charge is 2.34. The van der Waals surface area contributed by atoms with E-state index in [9.17, 15) is 22.4 Å². The molecule has 0 radical (unpaired) electrons. The minimum Gasteiger partial charge on any atom is -0.352 e. The van der Waals surface area contributed by atoms with Gasteiger partial charge in [0.1, 0.15) is 18.4 Å². The van der Waals surface area contributed by atoms with E-state index >= 15 is 0 Å². The molecule has 0 saturated heterocycles. The van der Waals surface area contributed by atoms with Crippen LogP contribution in [-0.4, -0.2) is 43.8 Å². The van der Waals surface area contributed by atoms with Gasteiger partial charge in [0.15, 0.2) is 0 Å². The summed E-state index contributed by atoms with van der Waals surface area (Å²) in [5, 5.41) is 2.93. The number of benzene rings is 4. The van der Waals surface area contributed by atoms with E-state index in [4.69, 9.17) is 0 Å². The second kappa shape index (κ2) is 13.9. The molecule has 0 aromatic heterocycles. The molecule has 0 spiro atoms. The molecule has 0 aliphatic carbocycles. The first-order valence-electron chi connectivity index (χ1n) is 13.7. The molecule has 218 valence electrons. The van der Waals surface area contributed by atoms with Crippen molar-refractivity contribution in [1.29, 1.82) is 0 Å². The third-order valence-corrected chi connectivity index (χ3v) is 8.41. The Morgan fingerprint density at radius 2 is 1.29 bits per heavy atom. The molecule has 0 heterocycles. The van der Waals surface area contributed by atoms with Crippen molar-refractivity contribution in [3.05, 3.63) is 132 Å².